The summed E-state index contributed by atoms with van der Waals surface area (Å²) in [5, 5.41) is 12.7. The van der Waals surface area contributed by atoms with Crippen molar-refractivity contribution in [2.45, 2.75) is 31.2 Å². The average molecular weight is 498 g/mol. The summed E-state index contributed by atoms with van der Waals surface area (Å²) in [5.41, 5.74) is 4.47. The second-order valence-electron chi connectivity index (χ2n) is 7.55. The van der Waals surface area contributed by atoms with Crippen LogP contribution >= 0.6 is 35.0 Å². The molecule has 2 aromatic carbocycles. The van der Waals surface area contributed by atoms with E-state index >= 15 is 0 Å². The van der Waals surface area contributed by atoms with Crippen molar-refractivity contribution in [1.29, 1.82) is 0 Å². The number of carbonyl (C=O) groups is 1. The molecule has 1 unspecified atom stereocenters. The molecule has 6 nitrogen and oxygen atoms in total. The largest absolute Gasteiger partial charge is 0.324 e. The molecule has 1 N–H and O–H groups in total. The summed E-state index contributed by atoms with van der Waals surface area (Å²) >= 11 is 13.6. The van der Waals surface area contributed by atoms with Gasteiger partial charge in [-0.05, 0) is 62.7 Å². The quantitative estimate of drug-likeness (QED) is 0.313. The number of pyridine rings is 1. The minimum atomic E-state index is -0.476. The highest BCUT2D eigenvalue weighted by Gasteiger charge is 2.23. The van der Waals surface area contributed by atoms with E-state index in [0.717, 1.165) is 22.4 Å². The molecule has 168 valence electrons. The maximum absolute atomic E-state index is 12.9. The average Bonchev–Trinajstić information content (AvgIpc) is 3.20. The summed E-state index contributed by atoms with van der Waals surface area (Å²) in [5.74, 6) is 0.435. The molecule has 0 fully saturated rings. The van der Waals surface area contributed by atoms with Crippen molar-refractivity contribution < 1.29 is 4.79 Å². The Bertz CT molecular complexity index is 1310. The van der Waals surface area contributed by atoms with Crippen molar-refractivity contribution in [2.24, 2.45) is 0 Å². The number of nitrogens with zero attached hydrogens (tertiary/aromatic N) is 4. The number of aromatic nitrogens is 4. The molecule has 2 heterocycles. The number of aryl methyl sites for hydroxylation is 2. The lowest BCUT2D eigenvalue weighted by Gasteiger charge is -2.16. The van der Waals surface area contributed by atoms with Crippen molar-refractivity contribution in [3.05, 3.63) is 82.1 Å². The third kappa shape index (κ3) is 5.21. The van der Waals surface area contributed by atoms with Gasteiger partial charge in [0.05, 0.1) is 21.6 Å². The number of amides is 1. The van der Waals surface area contributed by atoms with Gasteiger partial charge in [-0.2, -0.15) is 0 Å². The molecule has 1 atom stereocenters. The number of hydrogen-bond acceptors (Lipinski definition) is 5. The summed E-state index contributed by atoms with van der Waals surface area (Å²) in [6.45, 7) is 5.90. The third-order valence-electron chi connectivity index (χ3n) is 4.98. The molecule has 4 aromatic rings. The Kier molecular flexibility index (Phi) is 7.02. The van der Waals surface area contributed by atoms with Crippen LogP contribution in [0.15, 0.2) is 66.1 Å². The van der Waals surface area contributed by atoms with E-state index in [1.54, 1.807) is 30.6 Å². The molecule has 9 heteroatoms. The smallest absolute Gasteiger partial charge is 0.237 e. The Morgan fingerprint density at radius 2 is 1.91 bits per heavy atom. The van der Waals surface area contributed by atoms with Crippen LogP contribution in [0.1, 0.15) is 18.1 Å². The van der Waals surface area contributed by atoms with Crippen LogP contribution in [-0.4, -0.2) is 30.9 Å². The van der Waals surface area contributed by atoms with E-state index in [0.29, 0.717) is 26.7 Å². The second-order valence-corrected chi connectivity index (χ2v) is 9.70. The summed E-state index contributed by atoms with van der Waals surface area (Å²) in [4.78, 5) is 17.1. The lowest BCUT2D eigenvalue weighted by atomic mass is 10.1. The van der Waals surface area contributed by atoms with E-state index in [1.165, 1.54) is 11.8 Å². The number of rotatable bonds is 6. The molecule has 33 heavy (non-hydrogen) atoms. The van der Waals surface area contributed by atoms with Crippen LogP contribution in [0.4, 0.5) is 5.69 Å². The summed E-state index contributed by atoms with van der Waals surface area (Å²) in [6, 6.07) is 14.9. The minimum absolute atomic E-state index is 0.220. The molecule has 0 aliphatic rings. The van der Waals surface area contributed by atoms with Crippen LogP contribution < -0.4 is 5.32 Å². The summed E-state index contributed by atoms with van der Waals surface area (Å²) < 4.78 is 1.96. The van der Waals surface area contributed by atoms with Gasteiger partial charge in [-0.15, -0.1) is 10.2 Å². The van der Waals surface area contributed by atoms with E-state index in [4.69, 9.17) is 23.2 Å². The van der Waals surface area contributed by atoms with E-state index in [-0.39, 0.29) is 5.91 Å². The van der Waals surface area contributed by atoms with Crippen LogP contribution in [0, 0.1) is 13.8 Å². The summed E-state index contributed by atoms with van der Waals surface area (Å²) in [7, 11) is 0. The maximum Gasteiger partial charge on any atom is 0.237 e. The fourth-order valence-electron chi connectivity index (χ4n) is 3.34. The lowest BCUT2D eigenvalue weighted by molar-refractivity contribution is -0.115. The molecular formula is C24H21Cl2N5OS. The van der Waals surface area contributed by atoms with Gasteiger partial charge in [0.25, 0.3) is 0 Å². The zero-order chi connectivity index (χ0) is 23.5. The fourth-order valence-corrected chi connectivity index (χ4v) is 4.54. The Hall–Kier alpha value is -2.87. The topological polar surface area (TPSA) is 72.7 Å². The van der Waals surface area contributed by atoms with Crippen molar-refractivity contribution in [2.75, 3.05) is 5.32 Å². The predicted molar refractivity (Wildman–Crippen MR) is 134 cm³/mol. The Balaban J connectivity index is 1.68. The first kappa shape index (κ1) is 23.3. The van der Waals surface area contributed by atoms with Crippen molar-refractivity contribution >= 4 is 46.6 Å². The SMILES string of the molecule is Cc1ccc(-n2c(SC(C)C(=O)Nc3cc(Cl)ccc3Cl)nnc2-c2cccnc2)c(C)c1. The highest BCUT2D eigenvalue weighted by atomic mass is 35.5. The van der Waals surface area contributed by atoms with Crippen molar-refractivity contribution in [3.8, 4) is 17.1 Å². The molecule has 2 aromatic heterocycles. The highest BCUT2D eigenvalue weighted by molar-refractivity contribution is 8.00. The Labute approximate surface area is 206 Å². The van der Waals surface area contributed by atoms with Crippen LogP contribution in [-0.2, 0) is 4.79 Å². The first-order valence-corrected chi connectivity index (χ1v) is 11.8. The fraction of sp³-hybridized carbons (Fsp3) is 0.167. The standard InChI is InChI=1S/C24H21Cl2N5OS/c1-14-6-9-21(15(2)11-14)31-22(17-5-4-10-27-13-17)29-30-24(31)33-16(3)23(32)28-20-12-18(25)7-8-19(20)26/h4-13,16H,1-3H3,(H,28,32). The first-order valence-electron chi connectivity index (χ1n) is 10.2. The molecule has 0 spiro atoms. The number of hydrogen-bond donors (Lipinski definition) is 1. The zero-order valence-electron chi connectivity index (χ0n) is 18.2. The molecule has 4 rings (SSSR count). The van der Waals surface area contributed by atoms with Gasteiger partial charge < -0.3 is 5.32 Å². The molecule has 0 aliphatic carbocycles. The van der Waals surface area contributed by atoms with Gasteiger partial charge in [0.1, 0.15) is 0 Å². The monoisotopic (exact) mass is 497 g/mol. The van der Waals surface area contributed by atoms with Gasteiger partial charge in [0, 0.05) is 23.0 Å². The highest BCUT2D eigenvalue weighted by Crippen LogP contribution is 2.32. The predicted octanol–water partition coefficient (Wildman–Crippen LogP) is 6.37. The Morgan fingerprint density at radius 3 is 2.64 bits per heavy atom. The van der Waals surface area contributed by atoms with Gasteiger partial charge in [-0.3, -0.25) is 14.3 Å². The van der Waals surface area contributed by atoms with E-state index < -0.39 is 5.25 Å². The van der Waals surface area contributed by atoms with Gasteiger partial charge in [-0.1, -0.05) is 52.7 Å². The van der Waals surface area contributed by atoms with E-state index in [9.17, 15) is 4.79 Å². The van der Waals surface area contributed by atoms with Crippen LogP contribution in [0.5, 0.6) is 0 Å². The minimum Gasteiger partial charge on any atom is -0.324 e. The molecule has 0 bridgehead atoms. The number of anilines is 1. The maximum atomic E-state index is 12.9. The summed E-state index contributed by atoms with van der Waals surface area (Å²) in [6.07, 6.45) is 3.46. The zero-order valence-corrected chi connectivity index (χ0v) is 20.5. The number of benzene rings is 2. The van der Waals surface area contributed by atoms with Crippen LogP contribution in [0.25, 0.3) is 17.1 Å². The molecule has 0 saturated carbocycles. The Morgan fingerprint density at radius 1 is 1.09 bits per heavy atom. The molecule has 0 saturated heterocycles. The number of thioether (sulfide) groups is 1. The van der Waals surface area contributed by atoms with E-state index in [2.05, 4.69) is 26.6 Å². The second kappa shape index (κ2) is 9.95. The molecular weight excluding hydrogens is 477 g/mol. The van der Waals surface area contributed by atoms with Crippen LogP contribution in [0.3, 0.4) is 0 Å². The van der Waals surface area contributed by atoms with Gasteiger partial charge in [-0.25, -0.2) is 0 Å². The number of carbonyl (C=O) groups excluding carboxylic acids is 1. The van der Waals surface area contributed by atoms with E-state index in [1.807, 2.05) is 49.6 Å². The van der Waals surface area contributed by atoms with Crippen molar-refractivity contribution in [3.63, 3.8) is 0 Å². The first-order chi connectivity index (χ1) is 15.8. The molecule has 0 aliphatic heterocycles. The lowest BCUT2D eigenvalue weighted by Crippen LogP contribution is -2.23. The van der Waals surface area contributed by atoms with Gasteiger partial charge >= 0.3 is 0 Å². The normalized spacial score (nSPS) is 11.9. The number of nitrogens with one attached hydrogen (secondary N) is 1. The third-order valence-corrected chi connectivity index (χ3v) is 6.59. The number of halogens is 2. The van der Waals surface area contributed by atoms with Gasteiger partial charge in [0.2, 0.25) is 5.91 Å². The van der Waals surface area contributed by atoms with Crippen molar-refractivity contribution in [1.82, 2.24) is 19.7 Å². The molecule has 1 amide bonds. The molecule has 0 radical (unpaired) electrons. The van der Waals surface area contributed by atoms with Gasteiger partial charge in [0.15, 0.2) is 11.0 Å². The van der Waals surface area contributed by atoms with Crippen LogP contribution in [0.2, 0.25) is 10.0 Å².